The monoisotopic (exact) mass is 242 g/mol. The predicted molar refractivity (Wildman–Crippen MR) is 61.5 cm³/mol. The number of nitro groups is 1. The van der Waals surface area contributed by atoms with Crippen LogP contribution in [0, 0.1) is 10.1 Å². The average Bonchev–Trinajstić information content (AvgIpc) is 2.98. The van der Waals surface area contributed by atoms with E-state index in [0.29, 0.717) is 19.1 Å². The number of hydrogen-bond acceptors (Lipinski definition) is 5. The van der Waals surface area contributed by atoms with Gasteiger partial charge in [0.15, 0.2) is 0 Å². The van der Waals surface area contributed by atoms with Crippen molar-refractivity contribution in [2.24, 2.45) is 0 Å². The van der Waals surface area contributed by atoms with E-state index in [1.54, 1.807) is 12.1 Å². The van der Waals surface area contributed by atoms with Gasteiger partial charge in [-0.3, -0.25) is 15.0 Å². The van der Waals surface area contributed by atoms with E-state index in [0.717, 1.165) is 4.88 Å². The zero-order chi connectivity index (χ0) is 11.5. The van der Waals surface area contributed by atoms with Crippen LogP contribution < -0.4 is 0 Å². The van der Waals surface area contributed by atoms with E-state index in [4.69, 9.17) is 5.11 Å². The Labute approximate surface area is 97.5 Å². The smallest absolute Gasteiger partial charge is 0.324 e. The number of thiophene rings is 1. The van der Waals surface area contributed by atoms with Crippen LogP contribution in [-0.4, -0.2) is 34.1 Å². The van der Waals surface area contributed by atoms with Crippen LogP contribution in [0.3, 0.4) is 0 Å². The molecule has 0 amide bonds. The highest BCUT2D eigenvalue weighted by atomic mass is 32.1. The molecule has 1 aromatic heterocycles. The predicted octanol–water partition coefficient (Wildman–Crippen LogP) is 1.61. The minimum atomic E-state index is -0.359. The van der Waals surface area contributed by atoms with Gasteiger partial charge in [0.2, 0.25) is 0 Å². The maximum atomic E-state index is 10.5. The Hall–Kier alpha value is -0.980. The van der Waals surface area contributed by atoms with Crippen LogP contribution in [0.4, 0.5) is 5.00 Å². The molecule has 2 rings (SSSR count). The van der Waals surface area contributed by atoms with Gasteiger partial charge >= 0.3 is 5.00 Å². The number of hydrogen-bond donors (Lipinski definition) is 1. The van der Waals surface area contributed by atoms with Crippen molar-refractivity contribution in [1.82, 2.24) is 4.90 Å². The second-order valence-electron chi connectivity index (χ2n) is 3.92. The molecule has 5 nitrogen and oxygen atoms in total. The van der Waals surface area contributed by atoms with Gasteiger partial charge in [0, 0.05) is 30.1 Å². The largest absolute Gasteiger partial charge is 0.395 e. The van der Waals surface area contributed by atoms with E-state index < -0.39 is 0 Å². The molecule has 1 aliphatic carbocycles. The molecule has 1 aliphatic rings. The minimum Gasteiger partial charge on any atom is -0.395 e. The van der Waals surface area contributed by atoms with Crippen LogP contribution in [0.1, 0.15) is 17.7 Å². The topological polar surface area (TPSA) is 66.6 Å². The second-order valence-corrected chi connectivity index (χ2v) is 5.07. The summed E-state index contributed by atoms with van der Waals surface area (Å²) in [5.41, 5.74) is 0. The first-order chi connectivity index (χ1) is 7.70. The summed E-state index contributed by atoms with van der Waals surface area (Å²) in [5.74, 6) is 0. The van der Waals surface area contributed by atoms with Crippen LogP contribution in [-0.2, 0) is 6.54 Å². The third-order valence-electron chi connectivity index (χ3n) is 2.64. The molecule has 6 heteroatoms. The number of aliphatic hydroxyl groups excluding tert-OH is 1. The van der Waals surface area contributed by atoms with Gasteiger partial charge in [-0.1, -0.05) is 11.3 Å². The molecule has 1 saturated carbocycles. The van der Waals surface area contributed by atoms with Gasteiger partial charge in [-0.25, -0.2) is 0 Å². The molecule has 1 heterocycles. The Morgan fingerprint density at radius 3 is 2.81 bits per heavy atom. The van der Waals surface area contributed by atoms with Crippen LogP contribution in [0.25, 0.3) is 0 Å². The zero-order valence-electron chi connectivity index (χ0n) is 8.83. The van der Waals surface area contributed by atoms with Gasteiger partial charge in [-0.2, -0.15) is 0 Å². The highest BCUT2D eigenvalue weighted by Crippen LogP contribution is 2.31. The fraction of sp³-hybridized carbons (Fsp3) is 0.600. The summed E-state index contributed by atoms with van der Waals surface area (Å²) >= 11 is 1.22. The summed E-state index contributed by atoms with van der Waals surface area (Å²) in [7, 11) is 0. The van der Waals surface area contributed by atoms with Gasteiger partial charge < -0.3 is 5.11 Å². The molecule has 0 aliphatic heterocycles. The first-order valence-corrected chi connectivity index (χ1v) is 6.10. The quantitative estimate of drug-likeness (QED) is 0.608. The molecule has 1 aromatic rings. The van der Waals surface area contributed by atoms with Gasteiger partial charge in [0.25, 0.3) is 0 Å². The summed E-state index contributed by atoms with van der Waals surface area (Å²) in [6.07, 6.45) is 2.35. The molecular formula is C10H14N2O3S. The van der Waals surface area contributed by atoms with Gasteiger partial charge in [-0.15, -0.1) is 0 Å². The lowest BCUT2D eigenvalue weighted by Gasteiger charge is -2.19. The third-order valence-corrected chi connectivity index (χ3v) is 3.66. The first kappa shape index (κ1) is 11.5. The molecule has 0 unspecified atom stereocenters. The number of aliphatic hydroxyl groups is 1. The van der Waals surface area contributed by atoms with E-state index in [2.05, 4.69) is 4.90 Å². The molecule has 0 bridgehead atoms. The van der Waals surface area contributed by atoms with Gasteiger partial charge in [0.05, 0.1) is 11.5 Å². The van der Waals surface area contributed by atoms with E-state index in [1.165, 1.54) is 24.2 Å². The standard InChI is InChI=1S/C10H14N2O3S/c13-6-5-11(8-1-2-8)7-9-3-4-10(16-9)12(14)15/h3-4,8,13H,1-2,5-7H2. The Kier molecular flexibility index (Phi) is 3.52. The Balaban J connectivity index is 1.97. The maximum absolute atomic E-state index is 10.5. The minimum absolute atomic E-state index is 0.143. The summed E-state index contributed by atoms with van der Waals surface area (Å²) in [6, 6.07) is 3.91. The molecule has 0 saturated heterocycles. The number of rotatable bonds is 6. The lowest BCUT2D eigenvalue weighted by Crippen LogP contribution is -2.28. The zero-order valence-corrected chi connectivity index (χ0v) is 9.65. The van der Waals surface area contributed by atoms with Gasteiger partial charge in [-0.05, 0) is 18.9 Å². The fourth-order valence-corrected chi connectivity index (χ4v) is 2.55. The summed E-state index contributed by atoms with van der Waals surface area (Å²) < 4.78 is 0. The molecule has 88 valence electrons. The fourth-order valence-electron chi connectivity index (χ4n) is 1.71. The summed E-state index contributed by atoms with van der Waals surface area (Å²) in [6.45, 7) is 1.50. The number of nitrogens with zero attached hydrogens (tertiary/aromatic N) is 2. The molecular weight excluding hydrogens is 228 g/mol. The highest BCUT2D eigenvalue weighted by Gasteiger charge is 2.29. The molecule has 0 atom stereocenters. The molecule has 0 radical (unpaired) electrons. The molecule has 1 fully saturated rings. The maximum Gasteiger partial charge on any atom is 0.324 e. The van der Waals surface area contributed by atoms with Crippen molar-refractivity contribution in [3.63, 3.8) is 0 Å². The lowest BCUT2D eigenvalue weighted by molar-refractivity contribution is -0.380. The molecule has 16 heavy (non-hydrogen) atoms. The van der Waals surface area contributed by atoms with Crippen molar-refractivity contribution >= 4 is 16.3 Å². The lowest BCUT2D eigenvalue weighted by atomic mass is 10.4. The van der Waals surface area contributed by atoms with Crippen molar-refractivity contribution in [3.05, 3.63) is 27.1 Å². The molecule has 0 aromatic carbocycles. The van der Waals surface area contributed by atoms with E-state index in [9.17, 15) is 10.1 Å². The van der Waals surface area contributed by atoms with Gasteiger partial charge in [0.1, 0.15) is 0 Å². The van der Waals surface area contributed by atoms with Crippen molar-refractivity contribution in [3.8, 4) is 0 Å². The van der Waals surface area contributed by atoms with Crippen LogP contribution in [0.2, 0.25) is 0 Å². The Morgan fingerprint density at radius 1 is 1.56 bits per heavy atom. The van der Waals surface area contributed by atoms with E-state index >= 15 is 0 Å². The molecule has 0 spiro atoms. The van der Waals surface area contributed by atoms with Crippen LogP contribution >= 0.6 is 11.3 Å². The normalized spacial score (nSPS) is 15.6. The summed E-state index contributed by atoms with van der Waals surface area (Å²) in [4.78, 5) is 13.4. The average molecular weight is 242 g/mol. The van der Waals surface area contributed by atoms with Crippen molar-refractivity contribution in [2.75, 3.05) is 13.2 Å². The van der Waals surface area contributed by atoms with Crippen molar-refractivity contribution in [2.45, 2.75) is 25.4 Å². The van der Waals surface area contributed by atoms with E-state index in [1.807, 2.05) is 0 Å². The first-order valence-electron chi connectivity index (χ1n) is 5.28. The SMILES string of the molecule is O=[N+]([O-])c1ccc(CN(CCO)C2CC2)s1. The van der Waals surface area contributed by atoms with E-state index in [-0.39, 0.29) is 16.5 Å². The summed E-state index contributed by atoms with van der Waals surface area (Å²) in [5, 5.41) is 19.7. The Bertz CT molecular complexity index is 376. The van der Waals surface area contributed by atoms with Crippen molar-refractivity contribution in [1.29, 1.82) is 0 Å². The van der Waals surface area contributed by atoms with Crippen molar-refractivity contribution < 1.29 is 10.0 Å². The van der Waals surface area contributed by atoms with Crippen LogP contribution in [0.5, 0.6) is 0 Å². The molecule has 1 N–H and O–H groups in total. The Morgan fingerprint density at radius 2 is 2.31 bits per heavy atom. The third kappa shape index (κ3) is 2.78. The highest BCUT2D eigenvalue weighted by molar-refractivity contribution is 7.15. The van der Waals surface area contributed by atoms with Crippen LogP contribution in [0.15, 0.2) is 12.1 Å². The second kappa shape index (κ2) is 4.90.